The third-order valence-corrected chi connectivity index (χ3v) is 5.29. The number of rotatable bonds is 8. The van der Waals surface area contributed by atoms with Crippen LogP contribution in [0.1, 0.15) is 37.3 Å². The van der Waals surface area contributed by atoms with Gasteiger partial charge < -0.3 is 25.6 Å². The van der Waals surface area contributed by atoms with Crippen LogP contribution in [0, 0.1) is 0 Å². The van der Waals surface area contributed by atoms with E-state index < -0.39 is 36.2 Å². The molecule has 0 saturated carbocycles. The van der Waals surface area contributed by atoms with E-state index in [0.29, 0.717) is 0 Å². The Bertz CT molecular complexity index is 942. The van der Waals surface area contributed by atoms with Crippen molar-refractivity contribution in [2.45, 2.75) is 37.8 Å². The molecule has 3 rings (SSSR count). The third kappa shape index (κ3) is 5.21. The maximum absolute atomic E-state index is 12.2. The van der Waals surface area contributed by atoms with Crippen LogP contribution < -0.4 is 10.6 Å². The molecule has 2 atom stereocenters. The number of carboxylic acids is 1. The van der Waals surface area contributed by atoms with Gasteiger partial charge in [0.1, 0.15) is 6.61 Å². The van der Waals surface area contributed by atoms with Crippen LogP contribution in [0.25, 0.3) is 11.1 Å². The molecule has 0 spiro atoms. The first-order chi connectivity index (χ1) is 14.7. The summed E-state index contributed by atoms with van der Waals surface area (Å²) in [5.74, 6) is -1.99. The first-order valence-electron chi connectivity index (χ1n) is 10.0. The van der Waals surface area contributed by atoms with Crippen LogP contribution in [0.4, 0.5) is 4.79 Å². The second-order valence-corrected chi connectivity index (χ2v) is 7.93. The zero-order valence-corrected chi connectivity index (χ0v) is 17.4. The number of carbonyl (C=O) groups is 3. The molecular formula is C23H26N2O6. The second kappa shape index (κ2) is 9.18. The molecule has 0 aliphatic heterocycles. The second-order valence-electron chi connectivity index (χ2n) is 7.93. The van der Waals surface area contributed by atoms with Crippen LogP contribution in [-0.2, 0) is 14.3 Å². The van der Waals surface area contributed by atoms with E-state index >= 15 is 0 Å². The molecule has 4 N–H and O–H groups in total. The van der Waals surface area contributed by atoms with Crippen molar-refractivity contribution in [2.75, 3.05) is 13.2 Å². The molecule has 0 radical (unpaired) electrons. The lowest BCUT2D eigenvalue weighted by atomic mass is 9.98. The molecule has 2 amide bonds. The molecule has 164 valence electrons. The van der Waals surface area contributed by atoms with Crippen molar-refractivity contribution in [3.8, 4) is 11.1 Å². The van der Waals surface area contributed by atoms with Crippen molar-refractivity contribution < 1.29 is 29.3 Å². The van der Waals surface area contributed by atoms with Gasteiger partial charge in [0.25, 0.3) is 0 Å². The van der Waals surface area contributed by atoms with Gasteiger partial charge in [0.15, 0.2) is 5.60 Å². The molecule has 2 aromatic carbocycles. The zero-order chi connectivity index (χ0) is 22.6. The number of carboxylic acid groups (broad SMARTS) is 1. The van der Waals surface area contributed by atoms with Crippen LogP contribution in [-0.4, -0.2) is 53.0 Å². The Morgan fingerprint density at radius 1 is 1.06 bits per heavy atom. The minimum absolute atomic E-state index is 0.0602. The van der Waals surface area contributed by atoms with Crippen LogP contribution in [0.15, 0.2) is 48.5 Å². The number of nitrogens with one attached hydrogen (secondary N) is 2. The Morgan fingerprint density at radius 2 is 1.61 bits per heavy atom. The Balaban J connectivity index is 1.50. The first-order valence-corrected chi connectivity index (χ1v) is 10.0. The van der Waals surface area contributed by atoms with E-state index in [4.69, 9.17) is 9.84 Å². The summed E-state index contributed by atoms with van der Waals surface area (Å²) in [7, 11) is 0. The Hall–Kier alpha value is -3.39. The average molecular weight is 426 g/mol. The quantitative estimate of drug-likeness (QED) is 0.513. The standard InChI is InChI=1S/C23H26N2O6/c1-14(11-20(26)24-13-23(2,30)21(27)28)25-22(29)31-12-19-17-9-5-3-7-15(17)16-8-4-6-10-18(16)19/h3-10,14,19,30H,11-13H2,1-2H3,(H,24,26)(H,25,29)(H,27,28). The largest absolute Gasteiger partial charge is 0.479 e. The summed E-state index contributed by atoms with van der Waals surface area (Å²) in [5.41, 5.74) is 2.42. The fraction of sp³-hybridized carbons (Fsp3) is 0.348. The normalized spacial score (nSPS) is 15.2. The van der Waals surface area contributed by atoms with Crippen LogP contribution in [0.2, 0.25) is 0 Å². The molecule has 8 heteroatoms. The van der Waals surface area contributed by atoms with E-state index in [1.807, 2.05) is 36.4 Å². The van der Waals surface area contributed by atoms with E-state index in [-0.39, 0.29) is 18.9 Å². The highest BCUT2D eigenvalue weighted by Gasteiger charge is 2.31. The predicted octanol–water partition coefficient (Wildman–Crippen LogP) is 2.26. The highest BCUT2D eigenvalue weighted by molar-refractivity contribution is 5.81. The number of amides is 2. The molecule has 0 fully saturated rings. The van der Waals surface area contributed by atoms with Gasteiger partial charge in [-0.05, 0) is 36.1 Å². The number of ether oxygens (including phenoxy) is 1. The zero-order valence-electron chi connectivity index (χ0n) is 17.4. The minimum atomic E-state index is -2.06. The van der Waals surface area contributed by atoms with Gasteiger partial charge in [-0.3, -0.25) is 4.79 Å². The van der Waals surface area contributed by atoms with Gasteiger partial charge in [0.05, 0.1) is 6.54 Å². The highest BCUT2D eigenvalue weighted by Crippen LogP contribution is 2.44. The number of hydrogen-bond acceptors (Lipinski definition) is 5. The number of benzene rings is 2. The van der Waals surface area contributed by atoms with E-state index in [9.17, 15) is 19.5 Å². The van der Waals surface area contributed by atoms with Gasteiger partial charge in [0, 0.05) is 18.4 Å². The fourth-order valence-corrected chi connectivity index (χ4v) is 3.59. The first kappa shape index (κ1) is 22.3. The SMILES string of the molecule is CC(CC(=O)NCC(C)(O)C(=O)O)NC(=O)OCC1c2ccccc2-c2ccccc21. The van der Waals surface area contributed by atoms with Crippen LogP contribution in [0.3, 0.4) is 0 Å². The van der Waals surface area contributed by atoms with Gasteiger partial charge in [-0.1, -0.05) is 48.5 Å². The van der Waals surface area contributed by atoms with Gasteiger partial charge in [-0.2, -0.15) is 0 Å². The lowest BCUT2D eigenvalue weighted by molar-refractivity contribution is -0.156. The number of carbonyl (C=O) groups excluding carboxylic acids is 2. The molecule has 0 saturated heterocycles. The number of aliphatic carboxylic acids is 1. The third-order valence-electron chi connectivity index (χ3n) is 5.29. The summed E-state index contributed by atoms with van der Waals surface area (Å²) in [4.78, 5) is 35.0. The topological polar surface area (TPSA) is 125 Å². The van der Waals surface area contributed by atoms with Gasteiger partial charge in [-0.25, -0.2) is 9.59 Å². The Morgan fingerprint density at radius 3 is 2.16 bits per heavy atom. The van der Waals surface area contributed by atoms with Crippen molar-refractivity contribution in [1.82, 2.24) is 10.6 Å². The molecule has 8 nitrogen and oxygen atoms in total. The van der Waals surface area contributed by atoms with Crippen molar-refractivity contribution in [1.29, 1.82) is 0 Å². The van der Waals surface area contributed by atoms with Crippen molar-refractivity contribution >= 4 is 18.0 Å². The van der Waals surface area contributed by atoms with E-state index in [2.05, 4.69) is 22.8 Å². The van der Waals surface area contributed by atoms with E-state index in [1.54, 1.807) is 6.92 Å². The Kier molecular flexibility index (Phi) is 6.60. The Labute approximate surface area is 180 Å². The van der Waals surface area contributed by atoms with Crippen LogP contribution >= 0.6 is 0 Å². The number of fused-ring (bicyclic) bond motifs is 3. The maximum Gasteiger partial charge on any atom is 0.407 e. The van der Waals surface area contributed by atoms with Gasteiger partial charge in [0.2, 0.25) is 5.91 Å². The summed E-state index contributed by atoms with van der Waals surface area (Å²) in [6.45, 7) is 2.46. The van der Waals surface area contributed by atoms with Crippen LogP contribution in [0.5, 0.6) is 0 Å². The lowest BCUT2D eigenvalue weighted by Gasteiger charge is -2.20. The summed E-state index contributed by atoms with van der Waals surface area (Å²) in [6.07, 6.45) is -0.723. The summed E-state index contributed by atoms with van der Waals surface area (Å²) >= 11 is 0. The maximum atomic E-state index is 12.2. The number of hydrogen-bond donors (Lipinski definition) is 4. The molecule has 31 heavy (non-hydrogen) atoms. The van der Waals surface area contributed by atoms with Gasteiger partial charge in [-0.15, -0.1) is 0 Å². The lowest BCUT2D eigenvalue weighted by Crippen LogP contribution is -2.47. The van der Waals surface area contributed by atoms with E-state index in [1.165, 1.54) is 0 Å². The molecule has 2 unspecified atom stereocenters. The van der Waals surface area contributed by atoms with Crippen molar-refractivity contribution in [2.24, 2.45) is 0 Å². The van der Waals surface area contributed by atoms with Gasteiger partial charge >= 0.3 is 12.1 Å². The van der Waals surface area contributed by atoms with Crippen molar-refractivity contribution in [3.63, 3.8) is 0 Å². The minimum Gasteiger partial charge on any atom is -0.479 e. The molecule has 1 aliphatic rings. The summed E-state index contributed by atoms with van der Waals surface area (Å²) < 4.78 is 5.44. The molecule has 0 bridgehead atoms. The summed E-state index contributed by atoms with van der Waals surface area (Å²) in [5, 5.41) is 23.4. The highest BCUT2D eigenvalue weighted by atomic mass is 16.5. The average Bonchev–Trinajstić information content (AvgIpc) is 3.04. The molecular weight excluding hydrogens is 400 g/mol. The molecule has 0 heterocycles. The predicted molar refractivity (Wildman–Crippen MR) is 114 cm³/mol. The number of aliphatic hydroxyl groups is 1. The molecule has 0 aromatic heterocycles. The monoisotopic (exact) mass is 426 g/mol. The van der Waals surface area contributed by atoms with Crippen molar-refractivity contribution in [3.05, 3.63) is 59.7 Å². The molecule has 1 aliphatic carbocycles. The fourth-order valence-electron chi connectivity index (χ4n) is 3.59. The number of alkyl carbamates (subject to hydrolysis) is 1. The summed E-state index contributed by atoms with van der Waals surface area (Å²) in [6, 6.07) is 15.5. The molecule has 2 aromatic rings. The smallest absolute Gasteiger partial charge is 0.407 e. The van der Waals surface area contributed by atoms with E-state index in [0.717, 1.165) is 29.2 Å².